The van der Waals surface area contributed by atoms with Crippen molar-refractivity contribution in [3.63, 3.8) is 0 Å². The van der Waals surface area contributed by atoms with Gasteiger partial charge < -0.3 is 14.5 Å². The minimum Gasteiger partial charge on any atom is -0.375 e. The Labute approximate surface area is 154 Å². The molecule has 3 rings (SSSR count). The smallest absolute Gasteiger partial charge is 0.271 e. The topological polar surface area (TPSA) is 81.8 Å². The summed E-state index contributed by atoms with van der Waals surface area (Å²) < 4.78 is 6.01. The maximum absolute atomic E-state index is 12.8. The number of rotatable bonds is 5. The number of nitrogens with one attached hydrogen (secondary N) is 1. The molecule has 1 aromatic rings. The van der Waals surface area contributed by atoms with Gasteiger partial charge in [0.1, 0.15) is 11.4 Å². The first-order valence-corrected chi connectivity index (χ1v) is 9.31. The molecule has 1 amide bonds. The van der Waals surface area contributed by atoms with Crippen LogP contribution in [0.15, 0.2) is 6.07 Å². The maximum atomic E-state index is 12.8. The minimum absolute atomic E-state index is 0.0940. The summed E-state index contributed by atoms with van der Waals surface area (Å²) in [5, 5.41) is 6.62. The Morgan fingerprint density at radius 1 is 1.31 bits per heavy atom. The molecular formula is C18H29N5O3. The Morgan fingerprint density at radius 2 is 2.08 bits per heavy atom. The molecule has 2 atom stereocenters. The van der Waals surface area contributed by atoms with Crippen molar-refractivity contribution < 1.29 is 14.3 Å². The van der Waals surface area contributed by atoms with Crippen molar-refractivity contribution in [1.82, 2.24) is 24.9 Å². The van der Waals surface area contributed by atoms with Crippen LogP contribution < -0.4 is 0 Å². The van der Waals surface area contributed by atoms with Crippen LogP contribution in [0.3, 0.4) is 0 Å². The van der Waals surface area contributed by atoms with Crippen LogP contribution in [0.1, 0.15) is 40.7 Å². The minimum atomic E-state index is -0.146. The van der Waals surface area contributed by atoms with E-state index in [2.05, 4.69) is 34.1 Å². The number of amides is 1. The normalized spacial score (nSPS) is 24.4. The van der Waals surface area contributed by atoms with Crippen molar-refractivity contribution in [3.8, 4) is 0 Å². The van der Waals surface area contributed by atoms with Crippen molar-refractivity contribution in [1.29, 1.82) is 0 Å². The summed E-state index contributed by atoms with van der Waals surface area (Å²) in [6.45, 7) is 6.55. The summed E-state index contributed by atoms with van der Waals surface area (Å²) >= 11 is 0. The number of aromatic amines is 1. The molecule has 0 bridgehead atoms. The highest BCUT2D eigenvalue weighted by molar-refractivity contribution is 5.97. The van der Waals surface area contributed by atoms with Gasteiger partial charge in [0.2, 0.25) is 0 Å². The number of likely N-dealkylation sites (tertiary alicyclic amines) is 1. The summed E-state index contributed by atoms with van der Waals surface area (Å²) in [4.78, 5) is 30.7. The number of H-pyrrole nitrogens is 1. The number of morpholine rings is 1. The number of carbonyl (C=O) groups excluding carboxylic acids is 2. The van der Waals surface area contributed by atoms with Crippen molar-refractivity contribution in [2.45, 2.75) is 31.9 Å². The molecule has 0 aliphatic carbocycles. The van der Waals surface area contributed by atoms with Gasteiger partial charge >= 0.3 is 0 Å². The van der Waals surface area contributed by atoms with Crippen LogP contribution in [0.5, 0.6) is 0 Å². The first kappa shape index (κ1) is 19.0. The molecule has 26 heavy (non-hydrogen) atoms. The molecule has 8 nitrogen and oxygen atoms in total. The third-order valence-corrected chi connectivity index (χ3v) is 5.28. The van der Waals surface area contributed by atoms with Crippen LogP contribution in [0.25, 0.3) is 0 Å². The van der Waals surface area contributed by atoms with Crippen molar-refractivity contribution >= 4 is 11.7 Å². The third-order valence-electron chi connectivity index (χ3n) is 5.28. The molecule has 0 saturated carbocycles. The zero-order valence-electron chi connectivity index (χ0n) is 15.9. The van der Waals surface area contributed by atoms with E-state index < -0.39 is 0 Å². The van der Waals surface area contributed by atoms with Gasteiger partial charge in [0.15, 0.2) is 5.78 Å². The first-order chi connectivity index (χ1) is 12.5. The number of aromatic nitrogens is 2. The highest BCUT2D eigenvalue weighted by Crippen LogP contribution is 2.24. The lowest BCUT2D eigenvalue weighted by Crippen LogP contribution is -2.52. The fourth-order valence-electron chi connectivity index (χ4n) is 3.75. The number of ether oxygens (including phenoxy) is 1. The Morgan fingerprint density at radius 3 is 2.77 bits per heavy atom. The van der Waals surface area contributed by atoms with Gasteiger partial charge in [-0.05, 0) is 33.0 Å². The standard InChI is InChI=1S/C18H29N5O3/c1-13(24)14-12-15(20-19-14)18(25)23-6-4-16-17(5-7-23)26-11-10-22(16)9-8-21(2)3/h12,16-17H,4-11H2,1-3H3,(H,19,20). The van der Waals surface area contributed by atoms with Crippen LogP contribution >= 0.6 is 0 Å². The van der Waals surface area contributed by atoms with E-state index in [1.165, 1.54) is 6.92 Å². The van der Waals surface area contributed by atoms with Crippen molar-refractivity contribution in [2.24, 2.45) is 0 Å². The average Bonchev–Trinajstić information content (AvgIpc) is 3.00. The van der Waals surface area contributed by atoms with Crippen LogP contribution in [0, 0.1) is 0 Å². The second kappa shape index (κ2) is 8.28. The molecule has 2 fully saturated rings. The van der Waals surface area contributed by atoms with E-state index in [1.807, 2.05) is 4.90 Å². The zero-order valence-corrected chi connectivity index (χ0v) is 15.9. The lowest BCUT2D eigenvalue weighted by Gasteiger charge is -2.40. The predicted octanol–water partition coefficient (Wildman–Crippen LogP) is 0.479. The molecule has 1 N–H and O–H groups in total. The SMILES string of the molecule is CC(=O)c1cc(C(=O)N2CCC3OCCN(CCN(C)C)C3CC2)[nH]n1. The second-order valence-electron chi connectivity index (χ2n) is 7.41. The molecule has 2 aliphatic rings. The number of Topliss-reactive ketones (excluding diaryl/α,β-unsaturated/α-hetero) is 1. The Balaban J connectivity index is 1.64. The van der Waals surface area contributed by atoms with E-state index in [9.17, 15) is 9.59 Å². The first-order valence-electron chi connectivity index (χ1n) is 9.31. The summed E-state index contributed by atoms with van der Waals surface area (Å²) in [5.41, 5.74) is 0.681. The largest absolute Gasteiger partial charge is 0.375 e. The number of fused-ring (bicyclic) bond motifs is 1. The summed E-state index contributed by atoms with van der Waals surface area (Å²) in [7, 11) is 4.18. The van der Waals surface area contributed by atoms with E-state index >= 15 is 0 Å². The van der Waals surface area contributed by atoms with Gasteiger partial charge in [0.25, 0.3) is 5.91 Å². The quantitative estimate of drug-likeness (QED) is 0.767. The monoisotopic (exact) mass is 363 g/mol. The number of carbonyl (C=O) groups is 2. The van der Waals surface area contributed by atoms with Gasteiger partial charge in [0.05, 0.1) is 12.7 Å². The fraction of sp³-hybridized carbons (Fsp3) is 0.722. The maximum Gasteiger partial charge on any atom is 0.271 e. The van der Waals surface area contributed by atoms with E-state index in [1.54, 1.807) is 6.07 Å². The molecule has 2 saturated heterocycles. The molecule has 2 aliphatic heterocycles. The third kappa shape index (κ3) is 4.31. The zero-order chi connectivity index (χ0) is 18.7. The molecule has 2 unspecified atom stereocenters. The number of likely N-dealkylation sites (N-methyl/N-ethyl adjacent to an activating group) is 1. The number of hydrogen-bond donors (Lipinski definition) is 1. The Kier molecular flexibility index (Phi) is 6.05. The molecule has 0 spiro atoms. The van der Waals surface area contributed by atoms with Gasteiger partial charge in [-0.2, -0.15) is 5.10 Å². The lowest BCUT2D eigenvalue weighted by atomic mass is 10.0. The van der Waals surface area contributed by atoms with Crippen LogP contribution in [0.2, 0.25) is 0 Å². The lowest BCUT2D eigenvalue weighted by molar-refractivity contribution is -0.0724. The van der Waals surface area contributed by atoms with Crippen molar-refractivity contribution in [2.75, 3.05) is 53.4 Å². The van der Waals surface area contributed by atoms with E-state index in [-0.39, 0.29) is 17.8 Å². The molecule has 0 radical (unpaired) electrons. The second-order valence-corrected chi connectivity index (χ2v) is 7.41. The number of hydrogen-bond acceptors (Lipinski definition) is 6. The summed E-state index contributed by atoms with van der Waals surface area (Å²) in [6.07, 6.45) is 1.92. The van der Waals surface area contributed by atoms with Gasteiger partial charge in [-0.15, -0.1) is 0 Å². The Bertz CT molecular complexity index is 645. The van der Waals surface area contributed by atoms with E-state index in [0.29, 0.717) is 30.5 Å². The van der Waals surface area contributed by atoms with Crippen molar-refractivity contribution in [3.05, 3.63) is 17.5 Å². The molecule has 0 aromatic carbocycles. The van der Waals surface area contributed by atoms with Crippen LogP contribution in [-0.4, -0.2) is 102 Å². The van der Waals surface area contributed by atoms with Gasteiger partial charge in [-0.1, -0.05) is 0 Å². The summed E-state index contributed by atoms with van der Waals surface area (Å²) in [6, 6.07) is 1.90. The van der Waals surface area contributed by atoms with Gasteiger partial charge in [0, 0.05) is 45.7 Å². The van der Waals surface area contributed by atoms with Gasteiger partial charge in [-0.25, -0.2) is 0 Å². The average molecular weight is 363 g/mol. The fourth-order valence-corrected chi connectivity index (χ4v) is 3.75. The number of ketones is 1. The van der Waals surface area contributed by atoms with Crippen LogP contribution in [0.4, 0.5) is 0 Å². The molecule has 3 heterocycles. The van der Waals surface area contributed by atoms with Gasteiger partial charge in [-0.3, -0.25) is 19.6 Å². The predicted molar refractivity (Wildman–Crippen MR) is 97.4 cm³/mol. The molecule has 8 heteroatoms. The van der Waals surface area contributed by atoms with E-state index in [4.69, 9.17) is 4.74 Å². The molecule has 144 valence electrons. The number of nitrogens with zero attached hydrogens (tertiary/aromatic N) is 4. The van der Waals surface area contributed by atoms with Crippen LogP contribution in [-0.2, 0) is 4.74 Å². The molecular weight excluding hydrogens is 334 g/mol. The molecule has 1 aromatic heterocycles. The summed E-state index contributed by atoms with van der Waals surface area (Å²) in [5.74, 6) is -0.240. The van der Waals surface area contributed by atoms with E-state index in [0.717, 1.165) is 39.1 Å². The highest BCUT2D eigenvalue weighted by Gasteiger charge is 2.35. The Hall–Kier alpha value is -1.77. The highest BCUT2D eigenvalue weighted by atomic mass is 16.5.